The van der Waals surface area contributed by atoms with Crippen molar-refractivity contribution in [1.82, 2.24) is 10.3 Å². The van der Waals surface area contributed by atoms with Crippen LogP contribution >= 0.6 is 22.6 Å². The number of pyridine rings is 1. The summed E-state index contributed by atoms with van der Waals surface area (Å²) in [6, 6.07) is 15.0. The molecule has 1 N–H and O–H groups in total. The van der Waals surface area contributed by atoms with E-state index in [0.717, 1.165) is 5.69 Å². The van der Waals surface area contributed by atoms with Crippen LogP contribution in [0.2, 0.25) is 0 Å². The number of nitrogens with zero attached hydrogens (tertiary/aromatic N) is 1. The van der Waals surface area contributed by atoms with Crippen molar-refractivity contribution in [3.63, 3.8) is 0 Å². The average molecular weight is 352 g/mol. The maximum Gasteiger partial charge on any atom is 0.0450 e. The molecule has 0 aliphatic heterocycles. The van der Waals surface area contributed by atoms with Crippen molar-refractivity contribution in [2.24, 2.45) is 0 Å². The van der Waals surface area contributed by atoms with Gasteiger partial charge in [0.05, 0.1) is 0 Å². The van der Waals surface area contributed by atoms with Gasteiger partial charge in [-0.1, -0.05) is 25.1 Å². The molecule has 1 heterocycles. The SMILES string of the molecule is CNC(c1ccc(I)cc1)C(C)c1ccccn1. The molecule has 0 fully saturated rings. The first kappa shape index (κ1) is 13.5. The van der Waals surface area contributed by atoms with Gasteiger partial charge in [0, 0.05) is 27.4 Å². The summed E-state index contributed by atoms with van der Waals surface area (Å²) >= 11 is 2.33. The van der Waals surface area contributed by atoms with Crippen LogP contribution in [0.4, 0.5) is 0 Å². The minimum absolute atomic E-state index is 0.289. The van der Waals surface area contributed by atoms with Crippen molar-refractivity contribution in [3.8, 4) is 0 Å². The van der Waals surface area contributed by atoms with Crippen LogP contribution in [0.25, 0.3) is 0 Å². The van der Waals surface area contributed by atoms with E-state index in [1.54, 1.807) is 0 Å². The Morgan fingerprint density at radius 2 is 1.83 bits per heavy atom. The van der Waals surface area contributed by atoms with Gasteiger partial charge in [-0.25, -0.2) is 0 Å². The quantitative estimate of drug-likeness (QED) is 0.848. The number of benzene rings is 1. The van der Waals surface area contributed by atoms with E-state index in [9.17, 15) is 0 Å². The molecule has 2 aromatic rings. The molecule has 1 aromatic heterocycles. The van der Waals surface area contributed by atoms with Gasteiger partial charge in [-0.2, -0.15) is 0 Å². The van der Waals surface area contributed by atoms with Crippen LogP contribution in [0.5, 0.6) is 0 Å². The van der Waals surface area contributed by atoms with E-state index < -0.39 is 0 Å². The van der Waals surface area contributed by atoms with Crippen LogP contribution in [0.15, 0.2) is 48.7 Å². The number of hydrogen-bond acceptors (Lipinski definition) is 2. The zero-order chi connectivity index (χ0) is 13.0. The van der Waals surface area contributed by atoms with E-state index in [1.807, 2.05) is 25.4 Å². The predicted molar refractivity (Wildman–Crippen MR) is 83.6 cm³/mol. The second-order valence-corrected chi connectivity index (χ2v) is 5.61. The van der Waals surface area contributed by atoms with Gasteiger partial charge >= 0.3 is 0 Å². The highest BCUT2D eigenvalue weighted by Crippen LogP contribution is 2.29. The van der Waals surface area contributed by atoms with Crippen molar-refractivity contribution >= 4 is 22.6 Å². The molecule has 0 spiro atoms. The summed E-state index contributed by atoms with van der Waals surface area (Å²) in [4.78, 5) is 4.45. The Morgan fingerprint density at radius 1 is 1.11 bits per heavy atom. The number of rotatable bonds is 4. The third-order valence-corrected chi connectivity index (χ3v) is 3.91. The fraction of sp³-hybridized carbons (Fsp3) is 0.267. The average Bonchev–Trinajstić information content (AvgIpc) is 2.42. The molecule has 0 bridgehead atoms. The van der Waals surface area contributed by atoms with Gasteiger partial charge in [0.15, 0.2) is 0 Å². The maximum absolute atomic E-state index is 4.45. The number of nitrogens with one attached hydrogen (secondary N) is 1. The highest BCUT2D eigenvalue weighted by atomic mass is 127. The summed E-state index contributed by atoms with van der Waals surface area (Å²) in [6.07, 6.45) is 1.85. The van der Waals surface area contributed by atoms with Gasteiger partial charge in [-0.05, 0) is 59.5 Å². The number of aromatic nitrogens is 1. The topological polar surface area (TPSA) is 24.9 Å². The van der Waals surface area contributed by atoms with E-state index in [0.29, 0.717) is 5.92 Å². The molecule has 2 unspecified atom stereocenters. The van der Waals surface area contributed by atoms with Crippen LogP contribution < -0.4 is 5.32 Å². The van der Waals surface area contributed by atoms with Gasteiger partial charge in [-0.15, -0.1) is 0 Å². The lowest BCUT2D eigenvalue weighted by Gasteiger charge is -2.23. The van der Waals surface area contributed by atoms with Crippen molar-refractivity contribution in [2.45, 2.75) is 18.9 Å². The Hall–Kier alpha value is -0.940. The molecular formula is C15H17IN2. The Labute approximate surface area is 122 Å². The van der Waals surface area contributed by atoms with Crippen LogP contribution in [0.3, 0.4) is 0 Å². The first-order chi connectivity index (χ1) is 8.72. The molecule has 3 heteroatoms. The highest BCUT2D eigenvalue weighted by molar-refractivity contribution is 14.1. The number of likely N-dealkylation sites (N-methyl/N-ethyl adjacent to an activating group) is 1. The van der Waals surface area contributed by atoms with E-state index in [2.05, 4.69) is 70.1 Å². The smallest absolute Gasteiger partial charge is 0.0450 e. The van der Waals surface area contributed by atoms with Crippen LogP contribution in [-0.2, 0) is 0 Å². The van der Waals surface area contributed by atoms with Crippen molar-refractivity contribution in [2.75, 3.05) is 7.05 Å². The summed E-state index contributed by atoms with van der Waals surface area (Å²) in [6.45, 7) is 2.21. The zero-order valence-electron chi connectivity index (χ0n) is 10.6. The predicted octanol–water partition coefficient (Wildman–Crippen LogP) is 3.75. The lowest BCUT2D eigenvalue weighted by Crippen LogP contribution is -2.22. The molecule has 2 rings (SSSR count). The first-order valence-corrected chi connectivity index (χ1v) is 7.14. The molecule has 1 aromatic carbocycles. The van der Waals surface area contributed by atoms with Crippen molar-refractivity contribution in [3.05, 3.63) is 63.5 Å². The lowest BCUT2D eigenvalue weighted by molar-refractivity contribution is 0.499. The largest absolute Gasteiger partial charge is 0.312 e. The van der Waals surface area contributed by atoms with Gasteiger partial charge in [0.1, 0.15) is 0 Å². The summed E-state index contributed by atoms with van der Waals surface area (Å²) in [5, 5.41) is 3.39. The van der Waals surface area contributed by atoms with E-state index >= 15 is 0 Å². The van der Waals surface area contributed by atoms with Crippen molar-refractivity contribution < 1.29 is 0 Å². The third kappa shape index (κ3) is 3.09. The van der Waals surface area contributed by atoms with Gasteiger partial charge in [0.2, 0.25) is 0 Å². The normalized spacial score (nSPS) is 14.2. The molecule has 94 valence electrons. The molecular weight excluding hydrogens is 335 g/mol. The molecule has 0 amide bonds. The maximum atomic E-state index is 4.45. The van der Waals surface area contributed by atoms with E-state index in [-0.39, 0.29) is 6.04 Å². The van der Waals surface area contributed by atoms with E-state index in [1.165, 1.54) is 9.13 Å². The third-order valence-electron chi connectivity index (χ3n) is 3.19. The van der Waals surface area contributed by atoms with Gasteiger partial charge < -0.3 is 5.32 Å². The fourth-order valence-electron chi connectivity index (χ4n) is 2.19. The molecule has 18 heavy (non-hydrogen) atoms. The molecule has 2 nitrogen and oxygen atoms in total. The number of hydrogen-bond donors (Lipinski definition) is 1. The summed E-state index contributed by atoms with van der Waals surface area (Å²) in [5.41, 5.74) is 2.42. The van der Waals surface area contributed by atoms with Gasteiger partial charge in [-0.3, -0.25) is 4.98 Å². The first-order valence-electron chi connectivity index (χ1n) is 6.06. The van der Waals surface area contributed by atoms with Gasteiger partial charge in [0.25, 0.3) is 0 Å². The Balaban J connectivity index is 2.26. The lowest BCUT2D eigenvalue weighted by atomic mass is 9.91. The molecule has 0 radical (unpaired) electrons. The van der Waals surface area contributed by atoms with Crippen LogP contribution in [0.1, 0.15) is 30.1 Å². The molecule has 0 saturated heterocycles. The van der Waals surface area contributed by atoms with Crippen LogP contribution in [-0.4, -0.2) is 12.0 Å². The Kier molecular flexibility index (Phi) is 4.72. The van der Waals surface area contributed by atoms with Crippen molar-refractivity contribution in [1.29, 1.82) is 0 Å². The highest BCUT2D eigenvalue weighted by Gasteiger charge is 2.19. The summed E-state index contributed by atoms with van der Waals surface area (Å²) in [7, 11) is 2.00. The molecule has 2 atom stereocenters. The monoisotopic (exact) mass is 352 g/mol. The standard InChI is InChI=1S/C15H17IN2/c1-11(14-5-3-4-10-18-14)15(17-2)12-6-8-13(16)9-7-12/h3-11,15,17H,1-2H3. The Bertz CT molecular complexity index is 482. The number of halogens is 1. The van der Waals surface area contributed by atoms with Crippen LogP contribution in [0, 0.1) is 3.57 Å². The second kappa shape index (κ2) is 6.29. The summed E-state index contributed by atoms with van der Waals surface area (Å²) < 4.78 is 1.26. The minimum Gasteiger partial charge on any atom is -0.312 e. The minimum atomic E-state index is 0.289. The zero-order valence-corrected chi connectivity index (χ0v) is 12.8. The fourth-order valence-corrected chi connectivity index (χ4v) is 2.55. The Morgan fingerprint density at radius 3 is 2.39 bits per heavy atom. The molecule has 0 aliphatic rings. The molecule has 0 aliphatic carbocycles. The van der Waals surface area contributed by atoms with E-state index in [4.69, 9.17) is 0 Å². The summed E-state index contributed by atoms with van der Waals surface area (Å²) in [5.74, 6) is 0.344. The molecule has 0 saturated carbocycles. The second-order valence-electron chi connectivity index (χ2n) is 4.36.